The minimum atomic E-state index is 0.906. The van der Waals surface area contributed by atoms with Crippen LogP contribution in [-0.4, -0.2) is 12.9 Å². The van der Waals surface area contributed by atoms with Gasteiger partial charge in [-0.15, -0.1) is 0 Å². The maximum atomic E-state index is 4.03. The molecule has 0 heterocycles. The Morgan fingerprint density at radius 2 is 2.00 bits per heavy atom. The lowest BCUT2D eigenvalue weighted by Crippen LogP contribution is -1.73. The first-order valence-corrected chi connectivity index (χ1v) is 3.98. The molecule has 2 heteroatoms. The quantitative estimate of drug-likeness (QED) is 0.558. The third-order valence-electron chi connectivity index (χ3n) is 0.897. The number of hydrogen-bond donors (Lipinski definition) is 0. The van der Waals surface area contributed by atoms with Gasteiger partial charge >= 0.3 is 0 Å². The maximum absolute atomic E-state index is 4.03. The van der Waals surface area contributed by atoms with E-state index in [1.165, 1.54) is 0 Å². The second kappa shape index (κ2) is 11.8. The van der Waals surface area contributed by atoms with E-state index >= 15 is 0 Å². The first-order valence-electron chi connectivity index (χ1n) is 3.98. The highest BCUT2D eigenvalue weighted by atomic mass is 14.8. The summed E-state index contributed by atoms with van der Waals surface area (Å²) < 4.78 is 0. The van der Waals surface area contributed by atoms with E-state index < -0.39 is 0 Å². The molecular weight excluding hydrogens is 136 g/mol. The summed E-state index contributed by atoms with van der Waals surface area (Å²) >= 11 is 0. The molecule has 0 aliphatic rings. The number of nitrogens with zero attached hydrogens (tertiary/aromatic N) is 2. The summed E-state index contributed by atoms with van der Waals surface area (Å²) in [6, 6.07) is 0. The highest BCUT2D eigenvalue weighted by Gasteiger charge is 1.83. The van der Waals surface area contributed by atoms with Crippen molar-refractivity contribution >= 4 is 12.9 Å². The molecule has 0 aromatic heterocycles. The van der Waals surface area contributed by atoms with Gasteiger partial charge in [-0.2, -0.15) is 0 Å². The fourth-order valence-electron chi connectivity index (χ4n) is 0.487. The molecule has 0 saturated heterocycles. The van der Waals surface area contributed by atoms with Crippen molar-refractivity contribution < 1.29 is 0 Å². The molecule has 0 bridgehead atoms. The summed E-state index contributed by atoms with van der Waals surface area (Å²) in [6.45, 7) is 11.2. The highest BCUT2D eigenvalue weighted by Crippen LogP contribution is 2.00. The molecule has 0 atom stereocenters. The molecule has 11 heavy (non-hydrogen) atoms. The Labute approximate surface area is 69.8 Å². The van der Waals surface area contributed by atoms with Gasteiger partial charge in [-0.25, -0.2) is 0 Å². The van der Waals surface area contributed by atoms with E-state index in [1.807, 2.05) is 27.7 Å². The zero-order valence-corrected chi connectivity index (χ0v) is 7.96. The van der Waals surface area contributed by atoms with Gasteiger partial charge in [-0.1, -0.05) is 20.8 Å². The average Bonchev–Trinajstić information content (AvgIpc) is 2.08. The van der Waals surface area contributed by atoms with E-state index in [1.54, 1.807) is 12.4 Å². The predicted octanol–water partition coefficient (Wildman–Crippen LogP) is 3.06. The normalized spacial score (nSPS) is 10.7. The molecule has 0 unspecified atom stereocenters. The molecule has 0 saturated carbocycles. The zero-order valence-electron chi connectivity index (χ0n) is 7.96. The van der Waals surface area contributed by atoms with Crippen LogP contribution >= 0.6 is 0 Å². The van der Waals surface area contributed by atoms with Crippen LogP contribution in [0.4, 0.5) is 0 Å². The molecule has 0 amide bonds. The smallest absolute Gasteiger partial charge is 0.0578 e. The van der Waals surface area contributed by atoms with Crippen molar-refractivity contribution in [2.45, 2.75) is 34.1 Å². The number of allylic oxidation sites excluding steroid dienone is 1. The topological polar surface area (TPSA) is 24.7 Å². The van der Waals surface area contributed by atoms with Crippen molar-refractivity contribution in [2.75, 3.05) is 0 Å². The molecule has 0 N–H and O–H groups in total. The lowest BCUT2D eigenvalue weighted by Gasteiger charge is -1.89. The number of aliphatic imine (C=N–C) groups is 2. The molecule has 0 aromatic carbocycles. The fraction of sp³-hybridized carbons (Fsp3) is 0.556. The van der Waals surface area contributed by atoms with Crippen LogP contribution in [0.15, 0.2) is 21.9 Å². The van der Waals surface area contributed by atoms with Crippen molar-refractivity contribution in [2.24, 2.45) is 9.98 Å². The molecule has 0 aliphatic carbocycles. The summed E-state index contributed by atoms with van der Waals surface area (Å²) in [5, 5.41) is 0. The van der Waals surface area contributed by atoms with Crippen molar-refractivity contribution in [1.29, 1.82) is 0 Å². The van der Waals surface area contributed by atoms with Crippen molar-refractivity contribution in [3.05, 3.63) is 11.9 Å². The highest BCUT2D eigenvalue weighted by molar-refractivity contribution is 5.55. The summed E-state index contributed by atoms with van der Waals surface area (Å²) in [5.41, 5.74) is 0.965. The summed E-state index contributed by atoms with van der Waals surface area (Å²) in [6.07, 6.45) is 4.32. The molecule has 0 fully saturated rings. The summed E-state index contributed by atoms with van der Waals surface area (Å²) in [7, 11) is 0. The number of hydrogen-bond acceptors (Lipinski definition) is 2. The molecule has 2 nitrogen and oxygen atoms in total. The second-order valence-electron chi connectivity index (χ2n) is 1.54. The van der Waals surface area contributed by atoms with E-state index in [0.717, 1.165) is 12.1 Å². The van der Waals surface area contributed by atoms with Crippen LogP contribution in [0.2, 0.25) is 0 Å². The Balaban J connectivity index is 0. The van der Waals surface area contributed by atoms with Gasteiger partial charge in [0.15, 0.2) is 0 Å². The average molecular weight is 154 g/mol. The Morgan fingerprint density at radius 3 is 2.27 bits per heavy atom. The molecule has 64 valence electrons. The van der Waals surface area contributed by atoms with Crippen LogP contribution in [-0.2, 0) is 0 Å². The van der Waals surface area contributed by atoms with Gasteiger partial charge in [0.05, 0.1) is 5.70 Å². The van der Waals surface area contributed by atoms with Crippen LogP contribution in [0.5, 0.6) is 0 Å². The minimum Gasteiger partial charge on any atom is -0.271 e. The van der Waals surface area contributed by atoms with Crippen LogP contribution in [0.1, 0.15) is 34.1 Å². The largest absolute Gasteiger partial charge is 0.271 e. The standard InChI is InChI=1S/C7H12N2.C2H6/c1-4-7(6-8-3)9-5-2;1-2/h5-6H,3-4H2,1-2H3;1-2H3/b7-6-,9-5?;. The van der Waals surface area contributed by atoms with Gasteiger partial charge < -0.3 is 0 Å². The van der Waals surface area contributed by atoms with Gasteiger partial charge in [-0.05, 0) is 20.1 Å². The lowest BCUT2D eigenvalue weighted by atomic mass is 10.4. The van der Waals surface area contributed by atoms with Gasteiger partial charge in [0, 0.05) is 12.4 Å². The third-order valence-corrected chi connectivity index (χ3v) is 0.897. The number of rotatable bonds is 3. The molecule has 0 aromatic rings. The van der Waals surface area contributed by atoms with Crippen molar-refractivity contribution in [3.63, 3.8) is 0 Å². The van der Waals surface area contributed by atoms with Crippen LogP contribution in [0, 0.1) is 0 Å². The van der Waals surface area contributed by atoms with E-state index in [0.29, 0.717) is 0 Å². The molecule has 0 spiro atoms. The summed E-state index contributed by atoms with van der Waals surface area (Å²) in [4.78, 5) is 7.63. The van der Waals surface area contributed by atoms with Gasteiger partial charge in [-0.3, -0.25) is 9.98 Å². The van der Waals surface area contributed by atoms with E-state index in [2.05, 4.69) is 16.7 Å². The van der Waals surface area contributed by atoms with Gasteiger partial charge in [0.25, 0.3) is 0 Å². The maximum Gasteiger partial charge on any atom is 0.0578 e. The third kappa shape index (κ3) is 9.08. The molecule has 0 aliphatic heterocycles. The Bertz CT molecular complexity index is 134. The minimum absolute atomic E-state index is 0.906. The van der Waals surface area contributed by atoms with Crippen LogP contribution < -0.4 is 0 Å². The zero-order chi connectivity index (χ0) is 9.11. The predicted molar refractivity (Wildman–Crippen MR) is 53.4 cm³/mol. The van der Waals surface area contributed by atoms with Gasteiger partial charge in [0.2, 0.25) is 0 Å². The first-order chi connectivity index (χ1) is 5.35. The lowest BCUT2D eigenvalue weighted by molar-refractivity contribution is 1.06. The van der Waals surface area contributed by atoms with Crippen LogP contribution in [0.3, 0.4) is 0 Å². The van der Waals surface area contributed by atoms with Crippen molar-refractivity contribution in [3.8, 4) is 0 Å². The second-order valence-corrected chi connectivity index (χ2v) is 1.54. The Kier molecular flexibility index (Phi) is 13.7. The van der Waals surface area contributed by atoms with E-state index in [4.69, 9.17) is 0 Å². The molecule has 0 rings (SSSR count). The molecule has 0 radical (unpaired) electrons. The van der Waals surface area contributed by atoms with Gasteiger partial charge in [0.1, 0.15) is 0 Å². The Hall–Kier alpha value is -0.920. The van der Waals surface area contributed by atoms with E-state index in [9.17, 15) is 0 Å². The Morgan fingerprint density at radius 1 is 1.45 bits per heavy atom. The van der Waals surface area contributed by atoms with Crippen molar-refractivity contribution in [1.82, 2.24) is 0 Å². The van der Waals surface area contributed by atoms with E-state index in [-0.39, 0.29) is 0 Å². The SMILES string of the molecule is C=N/C=C(/CC)N=CC.CC. The monoisotopic (exact) mass is 154 g/mol. The first kappa shape index (κ1) is 12.7. The molecular formula is C9H18N2. The fourth-order valence-corrected chi connectivity index (χ4v) is 0.487. The summed E-state index contributed by atoms with van der Waals surface area (Å²) in [5.74, 6) is 0. The van der Waals surface area contributed by atoms with Crippen LogP contribution in [0.25, 0.3) is 0 Å².